The predicted molar refractivity (Wildman–Crippen MR) is 76.2 cm³/mol. The first-order chi connectivity index (χ1) is 9.17. The Morgan fingerprint density at radius 1 is 1.53 bits per heavy atom. The van der Waals surface area contributed by atoms with E-state index in [0.717, 1.165) is 23.1 Å². The Hall–Kier alpha value is -1.14. The van der Waals surface area contributed by atoms with Gasteiger partial charge in [0.25, 0.3) is 0 Å². The molecule has 0 saturated heterocycles. The van der Waals surface area contributed by atoms with Crippen LogP contribution >= 0.6 is 11.8 Å². The molecule has 6 heteroatoms. The zero-order valence-electron chi connectivity index (χ0n) is 11.7. The first-order valence-corrected chi connectivity index (χ1v) is 7.48. The van der Waals surface area contributed by atoms with Crippen LogP contribution in [0.15, 0.2) is 17.4 Å². The molecular formula is C13H21N3O2S. The number of aryl methyl sites for hydroxylation is 1. The molecule has 0 aliphatic heterocycles. The van der Waals surface area contributed by atoms with Crippen molar-refractivity contribution in [3.8, 4) is 0 Å². The third-order valence-corrected chi connectivity index (χ3v) is 3.33. The molecule has 1 heterocycles. The molecule has 1 atom stereocenters. The molecule has 1 N–H and O–H groups in total. The summed E-state index contributed by atoms with van der Waals surface area (Å²) in [6.07, 6.45) is 2.45. The Bertz CT molecular complexity index is 401. The second kappa shape index (κ2) is 8.87. The number of thioether (sulfide) groups is 1. The number of nitrogens with zero attached hydrogens (tertiary/aromatic N) is 2. The van der Waals surface area contributed by atoms with E-state index in [1.165, 1.54) is 0 Å². The van der Waals surface area contributed by atoms with Gasteiger partial charge in [0.15, 0.2) is 5.16 Å². The van der Waals surface area contributed by atoms with E-state index in [1.807, 2.05) is 26.8 Å². The second-order valence-corrected chi connectivity index (χ2v) is 5.04. The van der Waals surface area contributed by atoms with Crippen LogP contribution in [-0.2, 0) is 9.53 Å². The van der Waals surface area contributed by atoms with Crippen molar-refractivity contribution >= 4 is 17.7 Å². The summed E-state index contributed by atoms with van der Waals surface area (Å²) in [5.74, 6) is 0.593. The minimum atomic E-state index is -0.248. The highest BCUT2D eigenvalue weighted by Gasteiger charge is 2.18. The monoisotopic (exact) mass is 283 g/mol. The van der Waals surface area contributed by atoms with Gasteiger partial charge in [0.05, 0.1) is 6.61 Å². The van der Waals surface area contributed by atoms with Crippen LogP contribution < -0.4 is 5.32 Å². The van der Waals surface area contributed by atoms with E-state index in [0.29, 0.717) is 13.0 Å². The molecule has 1 aromatic rings. The largest absolute Gasteiger partial charge is 0.465 e. The lowest BCUT2D eigenvalue weighted by Crippen LogP contribution is -2.38. The van der Waals surface area contributed by atoms with Crippen LogP contribution in [0.3, 0.4) is 0 Å². The van der Waals surface area contributed by atoms with Gasteiger partial charge < -0.3 is 10.1 Å². The van der Waals surface area contributed by atoms with Gasteiger partial charge in [-0.1, -0.05) is 18.7 Å². The standard InChI is InChI=1S/C13H21N3O2S/c1-4-14-11(12(17)18-5-2)7-9-19-13-15-8-6-10(3)16-13/h6,8,11,14H,4-5,7,9H2,1-3H3. The molecule has 0 amide bonds. The molecule has 0 bridgehead atoms. The Balaban J connectivity index is 2.41. The molecule has 0 aliphatic rings. The van der Waals surface area contributed by atoms with E-state index in [9.17, 15) is 4.79 Å². The first-order valence-electron chi connectivity index (χ1n) is 6.49. The van der Waals surface area contributed by atoms with Crippen LogP contribution in [-0.4, -0.2) is 40.9 Å². The maximum atomic E-state index is 11.7. The van der Waals surface area contributed by atoms with Gasteiger partial charge in [-0.05, 0) is 32.9 Å². The maximum absolute atomic E-state index is 11.7. The number of nitrogens with one attached hydrogen (secondary N) is 1. The van der Waals surface area contributed by atoms with Crippen LogP contribution in [0.1, 0.15) is 26.0 Å². The number of carbonyl (C=O) groups is 1. The third-order valence-electron chi connectivity index (χ3n) is 2.43. The number of carbonyl (C=O) groups excluding carboxylic acids is 1. The average Bonchev–Trinajstić information content (AvgIpc) is 2.38. The Kier molecular flexibility index (Phi) is 7.43. The van der Waals surface area contributed by atoms with E-state index >= 15 is 0 Å². The van der Waals surface area contributed by atoms with Gasteiger partial charge in [0.1, 0.15) is 6.04 Å². The highest BCUT2D eigenvalue weighted by Crippen LogP contribution is 2.14. The predicted octanol–water partition coefficient (Wildman–Crippen LogP) is 1.81. The lowest BCUT2D eigenvalue weighted by atomic mass is 10.2. The maximum Gasteiger partial charge on any atom is 0.323 e. The van der Waals surface area contributed by atoms with Crippen molar-refractivity contribution in [2.45, 2.75) is 38.4 Å². The van der Waals surface area contributed by atoms with Crippen molar-refractivity contribution in [1.29, 1.82) is 0 Å². The Morgan fingerprint density at radius 3 is 2.95 bits per heavy atom. The fourth-order valence-corrected chi connectivity index (χ4v) is 2.44. The molecule has 19 heavy (non-hydrogen) atoms. The quantitative estimate of drug-likeness (QED) is 0.446. The summed E-state index contributed by atoms with van der Waals surface area (Å²) in [4.78, 5) is 20.2. The normalized spacial score (nSPS) is 12.2. The third kappa shape index (κ3) is 6.02. The minimum Gasteiger partial charge on any atom is -0.465 e. The van der Waals surface area contributed by atoms with E-state index in [-0.39, 0.29) is 12.0 Å². The van der Waals surface area contributed by atoms with Gasteiger partial charge in [0.2, 0.25) is 0 Å². The van der Waals surface area contributed by atoms with Crippen LogP contribution in [0, 0.1) is 6.92 Å². The van der Waals surface area contributed by atoms with E-state index < -0.39 is 0 Å². The summed E-state index contributed by atoms with van der Waals surface area (Å²) < 4.78 is 5.04. The van der Waals surface area contributed by atoms with Gasteiger partial charge in [-0.15, -0.1) is 0 Å². The molecule has 1 rings (SSSR count). The Labute approximate surface area is 118 Å². The number of likely N-dealkylation sites (N-methyl/N-ethyl adjacent to an activating group) is 1. The average molecular weight is 283 g/mol. The number of aromatic nitrogens is 2. The van der Waals surface area contributed by atoms with Crippen molar-refractivity contribution in [2.24, 2.45) is 0 Å². The number of ether oxygens (including phenoxy) is 1. The summed E-state index contributed by atoms with van der Waals surface area (Å²) in [5, 5.41) is 3.89. The molecule has 5 nitrogen and oxygen atoms in total. The van der Waals surface area contributed by atoms with E-state index in [2.05, 4.69) is 15.3 Å². The fourth-order valence-electron chi connectivity index (χ4n) is 1.56. The molecular weight excluding hydrogens is 262 g/mol. The summed E-state index contributed by atoms with van der Waals surface area (Å²) in [7, 11) is 0. The van der Waals surface area contributed by atoms with Crippen molar-refractivity contribution in [1.82, 2.24) is 15.3 Å². The zero-order valence-corrected chi connectivity index (χ0v) is 12.5. The smallest absolute Gasteiger partial charge is 0.323 e. The van der Waals surface area contributed by atoms with Gasteiger partial charge >= 0.3 is 5.97 Å². The van der Waals surface area contributed by atoms with Crippen LogP contribution in [0.5, 0.6) is 0 Å². The number of hydrogen-bond acceptors (Lipinski definition) is 6. The lowest BCUT2D eigenvalue weighted by Gasteiger charge is -2.15. The van der Waals surface area contributed by atoms with Gasteiger partial charge in [-0.25, -0.2) is 9.97 Å². The molecule has 106 valence electrons. The van der Waals surface area contributed by atoms with Crippen molar-refractivity contribution in [3.05, 3.63) is 18.0 Å². The van der Waals surface area contributed by atoms with Gasteiger partial charge in [0, 0.05) is 17.6 Å². The summed E-state index contributed by atoms with van der Waals surface area (Å²) in [6, 6.07) is 1.62. The molecule has 0 spiro atoms. The molecule has 0 saturated carbocycles. The first kappa shape index (κ1) is 15.9. The summed E-state index contributed by atoms with van der Waals surface area (Å²) >= 11 is 1.55. The lowest BCUT2D eigenvalue weighted by molar-refractivity contribution is -0.145. The zero-order chi connectivity index (χ0) is 14.1. The van der Waals surface area contributed by atoms with Crippen molar-refractivity contribution < 1.29 is 9.53 Å². The van der Waals surface area contributed by atoms with Crippen LogP contribution in [0.2, 0.25) is 0 Å². The number of rotatable bonds is 8. The van der Waals surface area contributed by atoms with E-state index in [1.54, 1.807) is 18.0 Å². The molecule has 1 unspecified atom stereocenters. The van der Waals surface area contributed by atoms with Crippen LogP contribution in [0.25, 0.3) is 0 Å². The van der Waals surface area contributed by atoms with Crippen LogP contribution in [0.4, 0.5) is 0 Å². The van der Waals surface area contributed by atoms with Crippen molar-refractivity contribution in [2.75, 3.05) is 18.9 Å². The highest BCUT2D eigenvalue weighted by atomic mass is 32.2. The van der Waals surface area contributed by atoms with Crippen molar-refractivity contribution in [3.63, 3.8) is 0 Å². The number of esters is 1. The molecule has 0 aromatic carbocycles. The molecule has 1 aromatic heterocycles. The van der Waals surface area contributed by atoms with Gasteiger partial charge in [-0.3, -0.25) is 4.79 Å². The summed E-state index contributed by atoms with van der Waals surface area (Å²) in [5.41, 5.74) is 0.950. The molecule has 0 radical (unpaired) electrons. The fraction of sp³-hybridized carbons (Fsp3) is 0.615. The Morgan fingerprint density at radius 2 is 2.32 bits per heavy atom. The SMILES string of the molecule is CCNC(CCSc1nccc(C)n1)C(=O)OCC. The molecule has 0 aliphatic carbocycles. The van der Waals surface area contributed by atoms with E-state index in [4.69, 9.17) is 4.74 Å². The summed E-state index contributed by atoms with van der Waals surface area (Å²) in [6.45, 7) is 6.88. The molecule has 0 fully saturated rings. The highest BCUT2D eigenvalue weighted by molar-refractivity contribution is 7.99. The van der Waals surface area contributed by atoms with Gasteiger partial charge in [-0.2, -0.15) is 0 Å². The number of hydrogen-bond donors (Lipinski definition) is 1. The second-order valence-electron chi connectivity index (χ2n) is 3.98. The minimum absolute atomic E-state index is 0.185. The topological polar surface area (TPSA) is 64.1 Å².